The molecule has 0 atom stereocenters. The fourth-order valence-electron chi connectivity index (χ4n) is 2.27. The minimum absolute atomic E-state index is 0.156. The third-order valence-electron chi connectivity index (χ3n) is 3.38. The first-order valence-electron chi connectivity index (χ1n) is 6.36. The summed E-state index contributed by atoms with van der Waals surface area (Å²) >= 11 is 5.90. The molecule has 0 aromatic heterocycles. The fraction of sp³-hybridized carbons (Fsp3) is 0.500. The molecular formula is C14H17ClFNO2. The summed E-state index contributed by atoms with van der Waals surface area (Å²) in [4.78, 5) is 13.9. The zero-order valence-electron chi connectivity index (χ0n) is 10.9. The molecule has 0 radical (unpaired) electrons. The van der Waals surface area contributed by atoms with E-state index in [9.17, 15) is 9.18 Å². The van der Waals surface area contributed by atoms with Crippen LogP contribution in [0.1, 0.15) is 23.2 Å². The Morgan fingerprint density at radius 3 is 2.79 bits per heavy atom. The predicted molar refractivity (Wildman–Crippen MR) is 71.9 cm³/mol. The van der Waals surface area contributed by atoms with Crippen LogP contribution in [0.2, 0.25) is 5.02 Å². The number of halogens is 2. The van der Waals surface area contributed by atoms with E-state index in [4.69, 9.17) is 16.3 Å². The zero-order chi connectivity index (χ0) is 13.8. The molecule has 5 heteroatoms. The molecule has 1 aliphatic rings. The van der Waals surface area contributed by atoms with Crippen LogP contribution in [0.25, 0.3) is 0 Å². The first kappa shape index (κ1) is 14.3. The lowest BCUT2D eigenvalue weighted by atomic mass is 9.99. The quantitative estimate of drug-likeness (QED) is 0.854. The normalized spacial score (nSPS) is 16.4. The van der Waals surface area contributed by atoms with Crippen molar-refractivity contribution in [3.05, 3.63) is 34.6 Å². The Kier molecular flexibility index (Phi) is 4.77. The number of hydrogen-bond donors (Lipinski definition) is 0. The number of carbonyl (C=O) groups excluding carboxylic acids is 1. The summed E-state index contributed by atoms with van der Waals surface area (Å²) < 4.78 is 18.3. The molecule has 0 spiro atoms. The maximum atomic E-state index is 13.0. The van der Waals surface area contributed by atoms with Gasteiger partial charge in [0.05, 0.1) is 10.6 Å². The molecule has 0 bridgehead atoms. The van der Waals surface area contributed by atoms with Crippen LogP contribution >= 0.6 is 11.6 Å². The molecule has 1 aromatic rings. The van der Waals surface area contributed by atoms with Crippen molar-refractivity contribution < 1.29 is 13.9 Å². The Hall–Kier alpha value is -1.13. The standard InChI is InChI=1S/C14H17ClFNO2/c1-17(9-10-4-6-19-7-5-10)14(18)12-3-2-11(16)8-13(12)15/h2-3,8,10H,4-7,9H2,1H3. The molecule has 0 saturated carbocycles. The maximum absolute atomic E-state index is 13.0. The Morgan fingerprint density at radius 1 is 1.47 bits per heavy atom. The molecule has 0 unspecified atom stereocenters. The largest absolute Gasteiger partial charge is 0.381 e. The first-order chi connectivity index (χ1) is 9.08. The van der Waals surface area contributed by atoms with Crippen LogP contribution in [-0.4, -0.2) is 37.6 Å². The minimum atomic E-state index is -0.436. The van der Waals surface area contributed by atoms with E-state index >= 15 is 0 Å². The molecule has 1 aliphatic heterocycles. The number of rotatable bonds is 3. The smallest absolute Gasteiger partial charge is 0.255 e. The number of ether oxygens (including phenoxy) is 1. The Bertz CT molecular complexity index is 461. The van der Waals surface area contributed by atoms with Crippen LogP contribution < -0.4 is 0 Å². The maximum Gasteiger partial charge on any atom is 0.255 e. The van der Waals surface area contributed by atoms with E-state index in [1.165, 1.54) is 12.1 Å². The van der Waals surface area contributed by atoms with Gasteiger partial charge < -0.3 is 9.64 Å². The number of amides is 1. The van der Waals surface area contributed by atoms with Crippen LogP contribution in [0.4, 0.5) is 4.39 Å². The number of hydrogen-bond acceptors (Lipinski definition) is 2. The highest BCUT2D eigenvalue weighted by Crippen LogP contribution is 2.21. The van der Waals surface area contributed by atoms with Gasteiger partial charge in [0, 0.05) is 26.8 Å². The topological polar surface area (TPSA) is 29.5 Å². The van der Waals surface area contributed by atoms with Crippen molar-refractivity contribution >= 4 is 17.5 Å². The van der Waals surface area contributed by atoms with Gasteiger partial charge in [0.2, 0.25) is 0 Å². The lowest BCUT2D eigenvalue weighted by molar-refractivity contribution is 0.0497. The van der Waals surface area contributed by atoms with Crippen molar-refractivity contribution in [3.8, 4) is 0 Å². The molecular weight excluding hydrogens is 269 g/mol. The fourth-order valence-corrected chi connectivity index (χ4v) is 2.52. The van der Waals surface area contributed by atoms with Crippen molar-refractivity contribution in [1.82, 2.24) is 4.90 Å². The Morgan fingerprint density at radius 2 is 2.16 bits per heavy atom. The van der Waals surface area contributed by atoms with Gasteiger partial charge in [-0.05, 0) is 37.0 Å². The van der Waals surface area contributed by atoms with Crippen molar-refractivity contribution in [2.24, 2.45) is 5.92 Å². The third-order valence-corrected chi connectivity index (χ3v) is 3.69. The molecule has 2 rings (SSSR count). The molecule has 1 saturated heterocycles. The second kappa shape index (κ2) is 6.35. The molecule has 3 nitrogen and oxygen atoms in total. The third kappa shape index (κ3) is 3.67. The summed E-state index contributed by atoms with van der Waals surface area (Å²) in [7, 11) is 1.75. The summed E-state index contributed by atoms with van der Waals surface area (Å²) in [6.45, 7) is 2.18. The highest BCUT2D eigenvalue weighted by atomic mass is 35.5. The lowest BCUT2D eigenvalue weighted by Crippen LogP contribution is -2.34. The zero-order valence-corrected chi connectivity index (χ0v) is 11.6. The summed E-state index contributed by atoms with van der Waals surface area (Å²) in [5, 5.41) is 0.156. The lowest BCUT2D eigenvalue weighted by Gasteiger charge is -2.27. The van der Waals surface area contributed by atoms with Crippen LogP contribution in [0.5, 0.6) is 0 Å². The monoisotopic (exact) mass is 285 g/mol. The van der Waals surface area contributed by atoms with Gasteiger partial charge in [-0.1, -0.05) is 11.6 Å². The van der Waals surface area contributed by atoms with Crippen LogP contribution in [0, 0.1) is 11.7 Å². The minimum Gasteiger partial charge on any atom is -0.381 e. The van der Waals surface area contributed by atoms with Gasteiger partial charge in [0.15, 0.2) is 0 Å². The van der Waals surface area contributed by atoms with Crippen molar-refractivity contribution in [1.29, 1.82) is 0 Å². The Balaban J connectivity index is 2.01. The molecule has 1 heterocycles. The van der Waals surface area contributed by atoms with Crippen molar-refractivity contribution in [2.45, 2.75) is 12.8 Å². The summed E-state index contributed by atoms with van der Waals surface area (Å²) in [5.74, 6) is -0.146. The Labute approximate surface area is 117 Å². The van der Waals surface area contributed by atoms with Crippen molar-refractivity contribution in [3.63, 3.8) is 0 Å². The van der Waals surface area contributed by atoms with E-state index in [1.807, 2.05) is 0 Å². The summed E-state index contributed by atoms with van der Waals surface area (Å²) in [6.07, 6.45) is 1.93. The van der Waals surface area contributed by atoms with Gasteiger partial charge in [-0.15, -0.1) is 0 Å². The second-order valence-electron chi connectivity index (χ2n) is 4.87. The molecule has 104 valence electrons. The van der Waals surface area contributed by atoms with Gasteiger partial charge in [0.1, 0.15) is 5.82 Å². The van der Waals surface area contributed by atoms with Gasteiger partial charge in [-0.3, -0.25) is 4.79 Å². The average molecular weight is 286 g/mol. The molecule has 1 aromatic carbocycles. The average Bonchev–Trinajstić information content (AvgIpc) is 2.39. The first-order valence-corrected chi connectivity index (χ1v) is 6.74. The highest BCUT2D eigenvalue weighted by molar-refractivity contribution is 6.33. The predicted octanol–water partition coefficient (Wildman–Crippen LogP) is 2.98. The molecule has 0 N–H and O–H groups in total. The van der Waals surface area contributed by atoms with E-state index in [2.05, 4.69) is 0 Å². The molecule has 1 amide bonds. The van der Waals surface area contributed by atoms with Gasteiger partial charge in [-0.2, -0.15) is 0 Å². The molecule has 1 fully saturated rings. The van der Waals surface area contributed by atoms with Gasteiger partial charge in [-0.25, -0.2) is 4.39 Å². The molecule has 0 aliphatic carbocycles. The molecule has 19 heavy (non-hydrogen) atoms. The number of nitrogens with zero attached hydrogens (tertiary/aromatic N) is 1. The van der Waals surface area contributed by atoms with Gasteiger partial charge >= 0.3 is 0 Å². The van der Waals surface area contributed by atoms with Crippen LogP contribution in [0.3, 0.4) is 0 Å². The van der Waals surface area contributed by atoms with Gasteiger partial charge in [0.25, 0.3) is 5.91 Å². The number of benzene rings is 1. The van der Waals surface area contributed by atoms with E-state index < -0.39 is 5.82 Å². The SMILES string of the molecule is CN(CC1CCOCC1)C(=O)c1ccc(F)cc1Cl. The number of carbonyl (C=O) groups is 1. The van der Waals surface area contributed by atoms with E-state index in [0.29, 0.717) is 18.0 Å². The van der Waals surface area contributed by atoms with Crippen molar-refractivity contribution in [2.75, 3.05) is 26.8 Å². The summed E-state index contributed by atoms with van der Waals surface area (Å²) in [6, 6.07) is 3.85. The van der Waals surface area contributed by atoms with E-state index in [0.717, 1.165) is 32.1 Å². The second-order valence-corrected chi connectivity index (χ2v) is 5.27. The highest BCUT2D eigenvalue weighted by Gasteiger charge is 2.21. The summed E-state index contributed by atoms with van der Waals surface area (Å²) in [5.41, 5.74) is 0.345. The van der Waals surface area contributed by atoms with Crippen LogP contribution in [-0.2, 0) is 4.74 Å². The van der Waals surface area contributed by atoms with Crippen LogP contribution in [0.15, 0.2) is 18.2 Å². The van der Waals surface area contributed by atoms with E-state index in [-0.39, 0.29) is 10.9 Å². The van der Waals surface area contributed by atoms with E-state index in [1.54, 1.807) is 11.9 Å².